The van der Waals surface area contributed by atoms with Gasteiger partial charge in [0.2, 0.25) is 10.0 Å². The molecule has 29 heavy (non-hydrogen) atoms. The van der Waals surface area contributed by atoms with Gasteiger partial charge in [0.25, 0.3) is 0 Å². The molecule has 3 fully saturated rings. The molecule has 0 radical (unpaired) electrons. The summed E-state index contributed by atoms with van der Waals surface area (Å²) in [6.45, 7) is 1.51. The van der Waals surface area contributed by atoms with Crippen molar-refractivity contribution in [3.05, 3.63) is 29.3 Å². The third-order valence-corrected chi connectivity index (χ3v) is 11.2. The molecule has 3 heterocycles. The molecule has 0 unspecified atom stereocenters. The SMILES string of the molecule is Cc1ccc(C(=O)O)cc1S(=O)(=O)N1[C@@H]2CS(=O)(=O)C[C@@H]2N[C@H]2CS(=O)(=O)C[C@@H]21. The first kappa shape index (κ1) is 20.7. The minimum absolute atomic E-state index is 0.226. The van der Waals surface area contributed by atoms with Crippen LogP contribution < -0.4 is 5.32 Å². The molecule has 0 aromatic heterocycles. The van der Waals surface area contributed by atoms with Crippen LogP contribution in [0.2, 0.25) is 0 Å². The van der Waals surface area contributed by atoms with E-state index in [0.29, 0.717) is 5.56 Å². The highest BCUT2D eigenvalue weighted by molar-refractivity contribution is 7.92. The molecule has 0 amide bonds. The summed E-state index contributed by atoms with van der Waals surface area (Å²) in [4.78, 5) is 11.1. The number of carboxylic acids is 1. The fourth-order valence-corrected chi connectivity index (χ4v) is 10.6. The number of carbonyl (C=O) groups is 1. The van der Waals surface area contributed by atoms with E-state index >= 15 is 0 Å². The van der Waals surface area contributed by atoms with E-state index in [-0.39, 0.29) is 22.0 Å². The van der Waals surface area contributed by atoms with Gasteiger partial charge >= 0.3 is 5.97 Å². The maximum atomic E-state index is 13.6. The topological polar surface area (TPSA) is 155 Å². The Bertz CT molecular complexity index is 1160. The van der Waals surface area contributed by atoms with Crippen molar-refractivity contribution in [2.45, 2.75) is 36.0 Å². The molecule has 0 saturated carbocycles. The van der Waals surface area contributed by atoms with E-state index in [1.165, 1.54) is 19.1 Å². The van der Waals surface area contributed by atoms with Crippen molar-refractivity contribution in [1.29, 1.82) is 0 Å². The lowest BCUT2D eigenvalue weighted by molar-refractivity contribution is 0.0696. The molecular weight excluding hydrogens is 444 g/mol. The molecular formula is C16H20N2O8S3. The lowest BCUT2D eigenvalue weighted by Crippen LogP contribution is -2.67. The van der Waals surface area contributed by atoms with E-state index < -0.39 is 71.3 Å². The fourth-order valence-electron chi connectivity index (χ4n) is 4.48. The van der Waals surface area contributed by atoms with E-state index in [1.54, 1.807) is 0 Å². The average Bonchev–Trinajstić information content (AvgIpc) is 3.03. The molecule has 2 N–H and O–H groups in total. The Hall–Kier alpha value is -1.54. The van der Waals surface area contributed by atoms with Crippen LogP contribution in [0.15, 0.2) is 23.1 Å². The second-order valence-electron chi connectivity index (χ2n) is 7.79. The van der Waals surface area contributed by atoms with Gasteiger partial charge < -0.3 is 10.4 Å². The summed E-state index contributed by atoms with van der Waals surface area (Å²) in [5.74, 6) is -2.68. The van der Waals surface area contributed by atoms with Crippen LogP contribution in [0.5, 0.6) is 0 Å². The molecule has 1 aromatic rings. The summed E-state index contributed by atoms with van der Waals surface area (Å²) in [5, 5.41) is 12.3. The first-order chi connectivity index (χ1) is 13.3. The molecule has 0 bridgehead atoms. The van der Waals surface area contributed by atoms with Crippen molar-refractivity contribution in [1.82, 2.24) is 9.62 Å². The molecule has 3 aliphatic rings. The molecule has 160 valence electrons. The fraction of sp³-hybridized carbons (Fsp3) is 0.562. The predicted molar refractivity (Wildman–Crippen MR) is 103 cm³/mol. The zero-order chi connectivity index (χ0) is 21.4. The molecule has 1 aromatic carbocycles. The van der Waals surface area contributed by atoms with Gasteiger partial charge in [0.05, 0.1) is 45.6 Å². The molecule has 4 rings (SSSR count). The van der Waals surface area contributed by atoms with Gasteiger partial charge in [0.15, 0.2) is 19.7 Å². The number of rotatable bonds is 3. The van der Waals surface area contributed by atoms with E-state index in [4.69, 9.17) is 0 Å². The summed E-state index contributed by atoms with van der Waals surface area (Å²) in [6, 6.07) is 0.343. The maximum absolute atomic E-state index is 13.6. The Labute approximate surface area is 168 Å². The first-order valence-electron chi connectivity index (χ1n) is 8.85. The zero-order valence-corrected chi connectivity index (χ0v) is 17.8. The van der Waals surface area contributed by atoms with Crippen LogP contribution in [0.4, 0.5) is 0 Å². The monoisotopic (exact) mass is 464 g/mol. The largest absolute Gasteiger partial charge is 0.478 e. The van der Waals surface area contributed by atoms with Gasteiger partial charge in [0, 0.05) is 12.1 Å². The molecule has 0 spiro atoms. The van der Waals surface area contributed by atoms with Crippen LogP contribution in [0, 0.1) is 6.92 Å². The van der Waals surface area contributed by atoms with Crippen molar-refractivity contribution in [2.24, 2.45) is 0 Å². The van der Waals surface area contributed by atoms with Crippen molar-refractivity contribution >= 4 is 35.7 Å². The van der Waals surface area contributed by atoms with Crippen LogP contribution in [0.3, 0.4) is 0 Å². The summed E-state index contributed by atoms with van der Waals surface area (Å²) in [5.41, 5.74) is 0.0684. The number of hydrogen-bond acceptors (Lipinski definition) is 8. The van der Waals surface area contributed by atoms with E-state index in [1.807, 2.05) is 0 Å². The highest BCUT2D eigenvalue weighted by Crippen LogP contribution is 2.36. The highest BCUT2D eigenvalue weighted by atomic mass is 32.2. The van der Waals surface area contributed by atoms with Crippen LogP contribution in [0.1, 0.15) is 15.9 Å². The van der Waals surface area contributed by atoms with Gasteiger partial charge in [-0.25, -0.2) is 30.0 Å². The number of nitrogens with one attached hydrogen (secondary N) is 1. The second kappa shape index (κ2) is 6.48. The molecule has 3 saturated heterocycles. The first-order valence-corrected chi connectivity index (χ1v) is 13.9. The van der Waals surface area contributed by atoms with Crippen LogP contribution in [0.25, 0.3) is 0 Å². The number of carboxylic acid groups (broad SMARTS) is 1. The van der Waals surface area contributed by atoms with Gasteiger partial charge in [-0.05, 0) is 24.6 Å². The summed E-state index contributed by atoms with van der Waals surface area (Å²) >= 11 is 0. The lowest BCUT2D eigenvalue weighted by Gasteiger charge is -2.44. The van der Waals surface area contributed by atoms with Crippen LogP contribution >= 0.6 is 0 Å². The van der Waals surface area contributed by atoms with Crippen molar-refractivity contribution in [2.75, 3.05) is 23.0 Å². The number of piperazine rings is 1. The quantitative estimate of drug-likeness (QED) is 0.550. The molecule has 4 atom stereocenters. The van der Waals surface area contributed by atoms with E-state index in [0.717, 1.165) is 10.4 Å². The van der Waals surface area contributed by atoms with Gasteiger partial charge in [0.1, 0.15) is 0 Å². The van der Waals surface area contributed by atoms with Gasteiger partial charge in [-0.1, -0.05) is 6.07 Å². The Balaban J connectivity index is 1.87. The zero-order valence-electron chi connectivity index (χ0n) is 15.3. The standard InChI is InChI=1S/C16H20N2O8S3/c1-9-2-3-10(16(19)20)4-15(9)29(25,26)18-13-7-27(21,22)5-11(13)17-12-6-28(23,24)8-14(12)18/h2-4,11-14,17H,5-8H2,1H3,(H,19,20)/t11-,12-,13-,14+/m0/s1. The molecule has 13 heteroatoms. The number of sulfonamides is 1. The Kier molecular flexibility index (Phi) is 4.63. The number of aryl methyl sites for hydroxylation is 1. The second-order valence-corrected chi connectivity index (χ2v) is 13.9. The summed E-state index contributed by atoms with van der Waals surface area (Å²) in [7, 11) is -11.4. The van der Waals surface area contributed by atoms with Crippen molar-refractivity contribution < 1.29 is 35.2 Å². The number of nitrogens with zero attached hydrogens (tertiary/aromatic N) is 1. The third-order valence-electron chi connectivity index (χ3n) is 5.72. The Morgan fingerprint density at radius 2 is 1.55 bits per heavy atom. The van der Waals surface area contributed by atoms with Gasteiger partial charge in [-0.3, -0.25) is 0 Å². The summed E-state index contributed by atoms with van der Waals surface area (Å²) < 4.78 is 77.1. The number of hydrogen-bond donors (Lipinski definition) is 2. The van der Waals surface area contributed by atoms with E-state index in [2.05, 4.69) is 5.32 Å². The maximum Gasteiger partial charge on any atom is 0.335 e. The lowest BCUT2D eigenvalue weighted by atomic mass is 10.0. The smallest absolute Gasteiger partial charge is 0.335 e. The average molecular weight is 465 g/mol. The minimum atomic E-state index is -4.36. The van der Waals surface area contributed by atoms with Crippen LogP contribution in [-0.2, 0) is 29.7 Å². The molecule has 3 aliphatic heterocycles. The van der Waals surface area contributed by atoms with Gasteiger partial charge in [-0.2, -0.15) is 4.31 Å². The summed E-state index contributed by atoms with van der Waals surface area (Å²) in [6.07, 6.45) is 0. The molecule has 10 nitrogen and oxygen atoms in total. The number of fused-ring (bicyclic) bond motifs is 2. The highest BCUT2D eigenvalue weighted by Gasteiger charge is 2.57. The van der Waals surface area contributed by atoms with Crippen molar-refractivity contribution in [3.63, 3.8) is 0 Å². The minimum Gasteiger partial charge on any atom is -0.478 e. The molecule has 0 aliphatic carbocycles. The number of benzene rings is 1. The van der Waals surface area contributed by atoms with Gasteiger partial charge in [-0.15, -0.1) is 0 Å². The Morgan fingerprint density at radius 1 is 1.03 bits per heavy atom. The third kappa shape index (κ3) is 3.48. The Morgan fingerprint density at radius 3 is 2.03 bits per heavy atom. The van der Waals surface area contributed by atoms with Crippen LogP contribution in [-0.4, -0.2) is 87.8 Å². The normalized spacial score (nSPS) is 33.1. The van der Waals surface area contributed by atoms with E-state index in [9.17, 15) is 35.2 Å². The number of aromatic carboxylic acids is 1. The number of sulfone groups is 2. The predicted octanol–water partition coefficient (Wildman–Crippen LogP) is -1.38. The van der Waals surface area contributed by atoms with Crippen molar-refractivity contribution in [3.8, 4) is 0 Å².